The van der Waals surface area contributed by atoms with Gasteiger partial charge in [0.2, 0.25) is 5.91 Å². The SMILES string of the molecule is Cc1ccc(C)c(CC(=O)NC(C(=O)O)C(C)(C)C)c1. The van der Waals surface area contributed by atoms with E-state index in [9.17, 15) is 14.7 Å². The molecule has 0 radical (unpaired) electrons. The topological polar surface area (TPSA) is 66.4 Å². The zero-order valence-electron chi connectivity index (χ0n) is 12.8. The van der Waals surface area contributed by atoms with Gasteiger partial charge in [-0.2, -0.15) is 0 Å². The molecule has 0 bridgehead atoms. The molecule has 1 atom stereocenters. The fourth-order valence-corrected chi connectivity index (χ4v) is 2.02. The number of carbonyl (C=O) groups excluding carboxylic acids is 1. The molecule has 0 saturated heterocycles. The molecule has 20 heavy (non-hydrogen) atoms. The van der Waals surface area contributed by atoms with Crippen LogP contribution in [-0.2, 0) is 16.0 Å². The van der Waals surface area contributed by atoms with Gasteiger partial charge in [-0.05, 0) is 30.4 Å². The van der Waals surface area contributed by atoms with E-state index < -0.39 is 17.4 Å². The highest BCUT2D eigenvalue weighted by molar-refractivity contribution is 5.85. The Balaban J connectivity index is 2.81. The number of carboxylic acids is 1. The van der Waals surface area contributed by atoms with Crippen molar-refractivity contribution in [2.75, 3.05) is 0 Å². The average molecular weight is 277 g/mol. The molecule has 2 N–H and O–H groups in total. The van der Waals surface area contributed by atoms with E-state index in [2.05, 4.69) is 5.32 Å². The van der Waals surface area contributed by atoms with Crippen molar-refractivity contribution in [1.29, 1.82) is 0 Å². The molecular formula is C16H23NO3. The third-order valence-corrected chi connectivity index (χ3v) is 3.27. The molecule has 1 unspecified atom stereocenters. The van der Waals surface area contributed by atoms with Crippen molar-refractivity contribution in [3.05, 3.63) is 34.9 Å². The van der Waals surface area contributed by atoms with Crippen LogP contribution in [0.4, 0.5) is 0 Å². The predicted octanol–water partition coefficient (Wildman–Crippen LogP) is 2.46. The van der Waals surface area contributed by atoms with E-state index in [1.165, 1.54) is 0 Å². The summed E-state index contributed by atoms with van der Waals surface area (Å²) < 4.78 is 0. The Kier molecular flexibility index (Phi) is 4.93. The average Bonchev–Trinajstić information content (AvgIpc) is 2.29. The maximum absolute atomic E-state index is 12.1. The van der Waals surface area contributed by atoms with Crippen LogP contribution in [0.1, 0.15) is 37.5 Å². The standard InChI is InChI=1S/C16H23NO3/c1-10-6-7-11(2)12(8-10)9-13(18)17-14(15(19)20)16(3,4)5/h6-8,14H,9H2,1-5H3,(H,17,18)(H,19,20). The molecule has 1 aromatic rings. The van der Waals surface area contributed by atoms with Gasteiger partial charge in [-0.1, -0.05) is 44.5 Å². The van der Waals surface area contributed by atoms with E-state index >= 15 is 0 Å². The van der Waals surface area contributed by atoms with Gasteiger partial charge < -0.3 is 10.4 Å². The van der Waals surface area contributed by atoms with Gasteiger partial charge in [0.25, 0.3) is 0 Å². The molecule has 1 amide bonds. The van der Waals surface area contributed by atoms with Gasteiger partial charge in [-0.25, -0.2) is 4.79 Å². The van der Waals surface area contributed by atoms with Crippen molar-refractivity contribution in [2.24, 2.45) is 5.41 Å². The molecule has 1 aromatic carbocycles. The van der Waals surface area contributed by atoms with Crippen molar-refractivity contribution in [3.63, 3.8) is 0 Å². The maximum atomic E-state index is 12.1. The van der Waals surface area contributed by atoms with Gasteiger partial charge in [0.05, 0.1) is 6.42 Å². The lowest BCUT2D eigenvalue weighted by Crippen LogP contribution is -2.49. The molecule has 4 heteroatoms. The van der Waals surface area contributed by atoms with Gasteiger partial charge >= 0.3 is 5.97 Å². The van der Waals surface area contributed by atoms with Crippen LogP contribution in [-0.4, -0.2) is 23.0 Å². The molecule has 0 spiro atoms. The first-order valence-corrected chi connectivity index (χ1v) is 6.69. The molecule has 0 fully saturated rings. The Morgan fingerprint density at radius 1 is 1.25 bits per heavy atom. The number of carboxylic acid groups (broad SMARTS) is 1. The normalized spacial score (nSPS) is 12.8. The number of hydrogen-bond acceptors (Lipinski definition) is 2. The number of amides is 1. The molecule has 110 valence electrons. The van der Waals surface area contributed by atoms with Crippen LogP contribution >= 0.6 is 0 Å². The Hall–Kier alpha value is -1.84. The van der Waals surface area contributed by atoms with E-state index in [4.69, 9.17) is 0 Å². The Bertz CT molecular complexity index is 515. The van der Waals surface area contributed by atoms with Crippen LogP contribution in [0.25, 0.3) is 0 Å². The van der Waals surface area contributed by atoms with Crippen molar-refractivity contribution >= 4 is 11.9 Å². The second-order valence-electron chi connectivity index (χ2n) is 6.31. The van der Waals surface area contributed by atoms with Gasteiger partial charge in [0.15, 0.2) is 0 Å². The second-order valence-corrected chi connectivity index (χ2v) is 6.31. The van der Waals surface area contributed by atoms with Crippen LogP contribution in [0.3, 0.4) is 0 Å². The Morgan fingerprint density at radius 3 is 2.35 bits per heavy atom. The summed E-state index contributed by atoms with van der Waals surface area (Å²) in [7, 11) is 0. The smallest absolute Gasteiger partial charge is 0.326 e. The van der Waals surface area contributed by atoms with Crippen LogP contribution < -0.4 is 5.32 Å². The molecule has 0 heterocycles. The molecule has 0 aliphatic heterocycles. The number of hydrogen-bond donors (Lipinski definition) is 2. The molecule has 0 aromatic heterocycles. The van der Waals surface area contributed by atoms with Gasteiger partial charge in [0.1, 0.15) is 6.04 Å². The first kappa shape index (κ1) is 16.2. The van der Waals surface area contributed by atoms with E-state index in [1.807, 2.05) is 32.0 Å². The van der Waals surface area contributed by atoms with Crippen LogP contribution in [0.5, 0.6) is 0 Å². The lowest BCUT2D eigenvalue weighted by atomic mass is 9.86. The summed E-state index contributed by atoms with van der Waals surface area (Å²) in [6, 6.07) is 5.03. The minimum Gasteiger partial charge on any atom is -0.480 e. The Morgan fingerprint density at radius 2 is 1.85 bits per heavy atom. The Labute approximate surface area is 120 Å². The summed E-state index contributed by atoms with van der Waals surface area (Å²) in [5.74, 6) is -1.27. The predicted molar refractivity (Wildman–Crippen MR) is 78.6 cm³/mol. The number of nitrogens with one attached hydrogen (secondary N) is 1. The minimum atomic E-state index is -1.01. The van der Waals surface area contributed by atoms with Crippen LogP contribution in [0.2, 0.25) is 0 Å². The van der Waals surface area contributed by atoms with Crippen LogP contribution in [0, 0.1) is 19.3 Å². The van der Waals surface area contributed by atoms with Gasteiger partial charge in [-0.15, -0.1) is 0 Å². The van der Waals surface area contributed by atoms with Crippen molar-refractivity contribution in [3.8, 4) is 0 Å². The summed E-state index contributed by atoms with van der Waals surface area (Å²) >= 11 is 0. The lowest BCUT2D eigenvalue weighted by molar-refractivity contribution is -0.144. The van der Waals surface area contributed by atoms with Gasteiger partial charge in [-0.3, -0.25) is 4.79 Å². The largest absolute Gasteiger partial charge is 0.480 e. The highest BCUT2D eigenvalue weighted by atomic mass is 16.4. The number of carbonyl (C=O) groups is 2. The highest BCUT2D eigenvalue weighted by Crippen LogP contribution is 2.20. The summed E-state index contributed by atoms with van der Waals surface area (Å²) in [5.41, 5.74) is 2.53. The number of aryl methyl sites for hydroxylation is 2. The molecule has 0 aliphatic rings. The monoisotopic (exact) mass is 277 g/mol. The molecule has 4 nitrogen and oxygen atoms in total. The third-order valence-electron chi connectivity index (χ3n) is 3.27. The van der Waals surface area contributed by atoms with E-state index in [0.717, 1.165) is 16.7 Å². The fourth-order valence-electron chi connectivity index (χ4n) is 2.02. The van der Waals surface area contributed by atoms with E-state index in [-0.39, 0.29) is 12.3 Å². The number of aliphatic carboxylic acids is 1. The fraction of sp³-hybridized carbons (Fsp3) is 0.500. The zero-order valence-corrected chi connectivity index (χ0v) is 12.8. The summed E-state index contributed by atoms with van der Waals surface area (Å²) in [5, 5.41) is 11.8. The zero-order chi connectivity index (χ0) is 15.5. The van der Waals surface area contributed by atoms with Crippen molar-refractivity contribution in [1.82, 2.24) is 5.32 Å². The lowest BCUT2D eigenvalue weighted by Gasteiger charge is -2.27. The second kappa shape index (κ2) is 6.07. The number of rotatable bonds is 4. The molecule has 0 aliphatic carbocycles. The summed E-state index contributed by atoms with van der Waals surface area (Å²) in [6.45, 7) is 9.30. The molecule has 0 saturated carbocycles. The summed E-state index contributed by atoms with van der Waals surface area (Å²) in [4.78, 5) is 23.3. The van der Waals surface area contributed by atoms with Crippen LogP contribution in [0.15, 0.2) is 18.2 Å². The first-order chi connectivity index (χ1) is 9.11. The molecular weight excluding hydrogens is 254 g/mol. The van der Waals surface area contributed by atoms with Gasteiger partial charge in [0, 0.05) is 0 Å². The quantitative estimate of drug-likeness (QED) is 0.888. The highest BCUT2D eigenvalue weighted by Gasteiger charge is 2.32. The minimum absolute atomic E-state index is 0.202. The number of benzene rings is 1. The summed E-state index contributed by atoms with van der Waals surface area (Å²) in [6.07, 6.45) is 0.202. The van der Waals surface area contributed by atoms with Crippen molar-refractivity contribution < 1.29 is 14.7 Å². The van der Waals surface area contributed by atoms with Crippen molar-refractivity contribution in [2.45, 2.75) is 47.1 Å². The third kappa shape index (κ3) is 4.37. The molecule has 1 rings (SSSR count). The first-order valence-electron chi connectivity index (χ1n) is 6.69. The maximum Gasteiger partial charge on any atom is 0.326 e. The van der Waals surface area contributed by atoms with E-state index in [0.29, 0.717) is 0 Å². The van der Waals surface area contributed by atoms with E-state index in [1.54, 1.807) is 20.8 Å².